The van der Waals surface area contributed by atoms with Gasteiger partial charge in [0.25, 0.3) is 0 Å². The van der Waals surface area contributed by atoms with Crippen LogP contribution in [0.4, 0.5) is 0 Å². The summed E-state index contributed by atoms with van der Waals surface area (Å²) in [6.45, 7) is 12.7. The second-order valence-electron chi connectivity index (χ2n) is 3.71. The number of rotatable bonds is 6. The number of hydrogen-bond acceptors (Lipinski definition) is 2. The third kappa shape index (κ3) is 3.31. The Morgan fingerprint density at radius 2 is 1.88 bits per heavy atom. The molecule has 2 heteroatoms. The van der Waals surface area contributed by atoms with E-state index in [0.717, 1.165) is 35.5 Å². The van der Waals surface area contributed by atoms with Gasteiger partial charge in [0.05, 0.1) is 0 Å². The molecule has 0 spiro atoms. The number of benzene rings is 1. The van der Waals surface area contributed by atoms with Gasteiger partial charge in [0.2, 0.25) is 0 Å². The van der Waals surface area contributed by atoms with Crippen molar-refractivity contribution in [1.82, 2.24) is 5.32 Å². The molecule has 2 nitrogen and oxygen atoms in total. The third-order valence-corrected chi connectivity index (χ3v) is 2.57. The largest absolute Gasteiger partial charge is 0.385 e. The molecule has 0 radical (unpaired) electrons. The molecule has 0 atom stereocenters. The molecule has 0 bridgehead atoms. The van der Waals surface area contributed by atoms with Crippen molar-refractivity contribution in [3.05, 3.63) is 53.9 Å². The fraction of sp³-hybridized carbons (Fsp3) is 0.267. The van der Waals surface area contributed by atoms with E-state index in [1.807, 2.05) is 18.2 Å². The highest BCUT2D eigenvalue weighted by atomic mass is 14.9. The van der Waals surface area contributed by atoms with Gasteiger partial charge in [0.1, 0.15) is 0 Å². The number of likely N-dealkylation sites (N-methyl/N-ethyl adjacent to an activating group) is 1. The van der Waals surface area contributed by atoms with Gasteiger partial charge in [-0.25, -0.2) is 0 Å². The van der Waals surface area contributed by atoms with Crippen LogP contribution in [0.3, 0.4) is 0 Å². The van der Waals surface area contributed by atoms with E-state index < -0.39 is 0 Å². The van der Waals surface area contributed by atoms with Gasteiger partial charge in [0.15, 0.2) is 0 Å². The quantitative estimate of drug-likeness (QED) is 0.583. The molecule has 0 heterocycles. The lowest BCUT2D eigenvalue weighted by Gasteiger charge is -2.15. The van der Waals surface area contributed by atoms with E-state index in [-0.39, 0.29) is 0 Å². The van der Waals surface area contributed by atoms with Gasteiger partial charge in [-0.15, -0.1) is 0 Å². The summed E-state index contributed by atoms with van der Waals surface area (Å²) in [6, 6.07) is 10.2. The monoisotopic (exact) mass is 228 g/mol. The maximum atomic E-state index is 4.12. The van der Waals surface area contributed by atoms with Gasteiger partial charge in [0, 0.05) is 23.5 Å². The summed E-state index contributed by atoms with van der Waals surface area (Å²) >= 11 is 0. The molecule has 0 aliphatic heterocycles. The summed E-state index contributed by atoms with van der Waals surface area (Å²) in [4.78, 5) is 4.12. The van der Waals surface area contributed by atoms with Gasteiger partial charge < -0.3 is 5.32 Å². The molecular weight excluding hydrogens is 208 g/mol. The fourth-order valence-corrected chi connectivity index (χ4v) is 1.79. The Morgan fingerprint density at radius 1 is 1.24 bits per heavy atom. The predicted molar refractivity (Wildman–Crippen MR) is 76.0 cm³/mol. The highest BCUT2D eigenvalue weighted by Gasteiger charge is 2.10. The van der Waals surface area contributed by atoms with Gasteiger partial charge in [-0.3, -0.25) is 4.99 Å². The Hall–Kier alpha value is -1.83. The van der Waals surface area contributed by atoms with Crippen molar-refractivity contribution in [2.75, 3.05) is 6.54 Å². The number of hydrogen-bond donors (Lipinski definition) is 1. The molecule has 90 valence electrons. The van der Waals surface area contributed by atoms with E-state index in [1.165, 1.54) is 0 Å². The molecule has 0 aliphatic rings. The zero-order valence-corrected chi connectivity index (χ0v) is 10.7. The summed E-state index contributed by atoms with van der Waals surface area (Å²) in [5.74, 6) is 0. The second-order valence-corrected chi connectivity index (χ2v) is 3.71. The molecule has 0 amide bonds. The number of nitrogens with zero attached hydrogens (tertiary/aromatic N) is 1. The van der Waals surface area contributed by atoms with Crippen molar-refractivity contribution in [2.45, 2.75) is 20.3 Å². The lowest BCUT2D eigenvalue weighted by molar-refractivity contribution is 0.882. The van der Waals surface area contributed by atoms with E-state index in [9.17, 15) is 0 Å². The van der Waals surface area contributed by atoms with Crippen LogP contribution in [0.2, 0.25) is 0 Å². The Labute approximate surface area is 104 Å². The first-order valence-corrected chi connectivity index (χ1v) is 5.93. The Morgan fingerprint density at radius 3 is 2.35 bits per heavy atom. The summed E-state index contributed by atoms with van der Waals surface area (Å²) < 4.78 is 0. The van der Waals surface area contributed by atoms with Crippen LogP contribution >= 0.6 is 0 Å². The zero-order chi connectivity index (χ0) is 12.7. The van der Waals surface area contributed by atoms with Gasteiger partial charge in [-0.2, -0.15) is 0 Å². The average Bonchev–Trinajstić information content (AvgIpc) is 2.37. The number of aliphatic imine (C=N–C) groups is 1. The van der Waals surface area contributed by atoms with Crippen LogP contribution in [-0.4, -0.2) is 13.3 Å². The van der Waals surface area contributed by atoms with Crippen molar-refractivity contribution < 1.29 is 0 Å². The molecule has 0 aliphatic carbocycles. The predicted octanol–water partition coefficient (Wildman–Crippen LogP) is 3.63. The molecule has 0 saturated carbocycles. The summed E-state index contributed by atoms with van der Waals surface area (Å²) in [6.07, 6.45) is 0.845. The molecule has 0 fully saturated rings. The average molecular weight is 228 g/mol. The van der Waals surface area contributed by atoms with E-state index in [1.54, 1.807) is 0 Å². The van der Waals surface area contributed by atoms with Crippen molar-refractivity contribution in [1.29, 1.82) is 0 Å². The van der Waals surface area contributed by atoms with Crippen molar-refractivity contribution in [3.63, 3.8) is 0 Å². The zero-order valence-electron chi connectivity index (χ0n) is 10.7. The SMILES string of the molecule is C=N/C(CC)=C(\C(=C)NCC)c1ccccc1. The van der Waals surface area contributed by atoms with Crippen LogP contribution in [0.25, 0.3) is 5.57 Å². The van der Waals surface area contributed by atoms with Crippen molar-refractivity contribution in [2.24, 2.45) is 4.99 Å². The standard InChI is InChI=1S/C15H20N2/c1-5-14(16-4)15(12(3)17-6-2)13-10-8-7-9-11-13/h7-11,17H,3-6H2,1-2H3/b15-14+. The first-order valence-electron chi connectivity index (χ1n) is 5.93. The van der Waals surface area contributed by atoms with E-state index in [2.05, 4.69) is 49.6 Å². The maximum absolute atomic E-state index is 4.12. The van der Waals surface area contributed by atoms with Gasteiger partial charge in [-0.1, -0.05) is 43.8 Å². The number of allylic oxidation sites excluding steroid dienone is 2. The van der Waals surface area contributed by atoms with Crippen LogP contribution in [0.5, 0.6) is 0 Å². The lowest BCUT2D eigenvalue weighted by Crippen LogP contribution is -2.13. The van der Waals surface area contributed by atoms with E-state index >= 15 is 0 Å². The van der Waals surface area contributed by atoms with Crippen LogP contribution in [-0.2, 0) is 0 Å². The molecule has 0 unspecified atom stereocenters. The third-order valence-electron chi connectivity index (χ3n) is 2.57. The summed E-state index contributed by atoms with van der Waals surface area (Å²) in [5.41, 5.74) is 4.07. The highest BCUT2D eigenvalue weighted by Crippen LogP contribution is 2.26. The molecular formula is C15H20N2. The van der Waals surface area contributed by atoms with Crippen LogP contribution in [0.1, 0.15) is 25.8 Å². The molecule has 0 saturated heterocycles. The first-order chi connectivity index (χ1) is 8.24. The molecule has 1 aromatic carbocycles. The maximum Gasteiger partial charge on any atom is 0.0492 e. The van der Waals surface area contributed by atoms with Crippen LogP contribution in [0.15, 0.2) is 53.3 Å². The first kappa shape index (κ1) is 13.2. The van der Waals surface area contributed by atoms with E-state index in [0.29, 0.717) is 0 Å². The Bertz CT molecular complexity index is 416. The minimum absolute atomic E-state index is 0.845. The lowest BCUT2D eigenvalue weighted by atomic mass is 10.00. The van der Waals surface area contributed by atoms with Gasteiger partial charge >= 0.3 is 0 Å². The molecule has 1 aromatic rings. The molecule has 1 rings (SSSR count). The fourth-order valence-electron chi connectivity index (χ4n) is 1.79. The second kappa shape index (κ2) is 6.69. The Balaban J connectivity index is 3.25. The van der Waals surface area contributed by atoms with Crippen LogP contribution < -0.4 is 5.32 Å². The summed E-state index contributed by atoms with van der Waals surface area (Å²) in [5, 5.41) is 3.25. The molecule has 0 aromatic heterocycles. The normalized spacial score (nSPS) is 11.6. The summed E-state index contributed by atoms with van der Waals surface area (Å²) in [7, 11) is 0. The van der Waals surface area contributed by atoms with Crippen molar-refractivity contribution in [3.8, 4) is 0 Å². The minimum Gasteiger partial charge on any atom is -0.385 e. The topological polar surface area (TPSA) is 24.4 Å². The minimum atomic E-state index is 0.845. The van der Waals surface area contributed by atoms with E-state index in [4.69, 9.17) is 0 Å². The van der Waals surface area contributed by atoms with Crippen molar-refractivity contribution >= 4 is 12.3 Å². The Kier molecular flexibility index (Phi) is 5.21. The smallest absolute Gasteiger partial charge is 0.0492 e. The molecule has 17 heavy (non-hydrogen) atoms. The van der Waals surface area contributed by atoms with Crippen LogP contribution in [0, 0.1) is 0 Å². The number of nitrogens with one attached hydrogen (secondary N) is 1. The van der Waals surface area contributed by atoms with Gasteiger partial charge in [-0.05, 0) is 25.6 Å². The highest BCUT2D eigenvalue weighted by molar-refractivity contribution is 5.80. The molecule has 1 N–H and O–H groups in total.